The number of ether oxygens (including phenoxy) is 1. The first-order valence-corrected chi connectivity index (χ1v) is 8.17. The van der Waals surface area contributed by atoms with Gasteiger partial charge in [0.05, 0.1) is 30.2 Å². The van der Waals surface area contributed by atoms with E-state index in [0.29, 0.717) is 34.1 Å². The number of benzene rings is 2. The summed E-state index contributed by atoms with van der Waals surface area (Å²) < 4.78 is 15.9. The van der Waals surface area contributed by atoms with Gasteiger partial charge in [0.25, 0.3) is 11.8 Å². The Balaban J connectivity index is 1.65. The maximum Gasteiger partial charge on any atom is 0.260 e. The van der Waals surface area contributed by atoms with Gasteiger partial charge in [-0.1, -0.05) is 29.4 Å². The number of methoxy groups -OCH3 is 1. The van der Waals surface area contributed by atoms with Gasteiger partial charge in [-0.3, -0.25) is 4.79 Å². The third kappa shape index (κ3) is 3.30. The van der Waals surface area contributed by atoms with E-state index in [4.69, 9.17) is 13.7 Å². The minimum absolute atomic E-state index is 0.275. The first-order chi connectivity index (χ1) is 13.3. The number of carbonyl (C=O) groups excluding carboxylic acids is 1. The molecule has 0 fully saturated rings. The largest absolute Gasteiger partial charge is 0.496 e. The highest BCUT2D eigenvalue weighted by Crippen LogP contribution is 2.29. The van der Waals surface area contributed by atoms with Gasteiger partial charge >= 0.3 is 0 Å². The number of nitrogens with zero attached hydrogens (tertiary/aromatic N) is 2. The first kappa shape index (κ1) is 16.6. The average molecular weight is 361 g/mol. The van der Waals surface area contributed by atoms with E-state index in [1.807, 2.05) is 12.1 Å². The summed E-state index contributed by atoms with van der Waals surface area (Å²) in [6.07, 6.45) is 1.53. The highest BCUT2D eigenvalue weighted by Gasteiger charge is 2.18. The lowest BCUT2D eigenvalue weighted by Gasteiger charge is -2.11. The standard InChI is InChI=1S/C20H15N3O4/c1-25-16-10-5-3-8-14(16)19(24)21-15-9-4-2-7-13(15)20-22-18(23-27-20)17-11-6-12-26-17/h2-12H,1H3,(H,21,24). The number of para-hydroxylation sites is 2. The molecule has 0 atom stereocenters. The fourth-order valence-corrected chi connectivity index (χ4v) is 2.64. The summed E-state index contributed by atoms with van der Waals surface area (Å²) in [5.41, 5.74) is 1.57. The molecule has 134 valence electrons. The molecule has 2 aromatic heterocycles. The van der Waals surface area contributed by atoms with Crippen LogP contribution in [0.2, 0.25) is 0 Å². The lowest BCUT2D eigenvalue weighted by molar-refractivity contribution is 0.102. The van der Waals surface area contributed by atoms with E-state index in [0.717, 1.165) is 0 Å². The molecule has 2 aromatic carbocycles. The third-order valence-corrected chi connectivity index (χ3v) is 3.92. The fourth-order valence-electron chi connectivity index (χ4n) is 2.64. The van der Waals surface area contributed by atoms with Gasteiger partial charge < -0.3 is 19.0 Å². The van der Waals surface area contributed by atoms with Crippen LogP contribution < -0.4 is 10.1 Å². The Bertz CT molecular complexity index is 1070. The number of nitrogens with one attached hydrogen (secondary N) is 1. The molecule has 27 heavy (non-hydrogen) atoms. The Morgan fingerprint density at radius 1 is 1.04 bits per heavy atom. The van der Waals surface area contributed by atoms with Crippen LogP contribution in [0.15, 0.2) is 75.9 Å². The van der Waals surface area contributed by atoms with E-state index in [9.17, 15) is 4.79 Å². The predicted molar refractivity (Wildman–Crippen MR) is 98.4 cm³/mol. The number of furan rings is 1. The summed E-state index contributed by atoms with van der Waals surface area (Å²) in [6.45, 7) is 0. The molecule has 7 heteroatoms. The zero-order chi connectivity index (χ0) is 18.6. The summed E-state index contributed by atoms with van der Waals surface area (Å²) in [7, 11) is 1.52. The Kier molecular flexibility index (Phi) is 4.40. The lowest BCUT2D eigenvalue weighted by Crippen LogP contribution is -2.13. The van der Waals surface area contributed by atoms with Crippen molar-refractivity contribution in [2.24, 2.45) is 0 Å². The van der Waals surface area contributed by atoms with Crippen LogP contribution in [0.25, 0.3) is 23.0 Å². The van der Waals surface area contributed by atoms with Crippen molar-refractivity contribution in [2.45, 2.75) is 0 Å². The second-order valence-corrected chi connectivity index (χ2v) is 5.60. The molecule has 0 spiro atoms. The predicted octanol–water partition coefficient (Wildman–Crippen LogP) is 4.26. The smallest absolute Gasteiger partial charge is 0.260 e. The van der Waals surface area contributed by atoms with E-state index in [1.165, 1.54) is 13.4 Å². The number of rotatable bonds is 5. The third-order valence-electron chi connectivity index (χ3n) is 3.92. The van der Waals surface area contributed by atoms with Crippen molar-refractivity contribution in [1.82, 2.24) is 10.1 Å². The van der Waals surface area contributed by atoms with Crippen molar-refractivity contribution in [3.05, 3.63) is 72.5 Å². The van der Waals surface area contributed by atoms with Crippen LogP contribution in [0.3, 0.4) is 0 Å². The molecule has 7 nitrogen and oxygen atoms in total. The highest BCUT2D eigenvalue weighted by atomic mass is 16.5. The van der Waals surface area contributed by atoms with Gasteiger partial charge in [0.15, 0.2) is 5.76 Å². The molecule has 1 amide bonds. The Hall–Kier alpha value is -3.87. The zero-order valence-corrected chi connectivity index (χ0v) is 14.4. The van der Waals surface area contributed by atoms with Gasteiger partial charge in [0.2, 0.25) is 5.82 Å². The summed E-state index contributed by atoms with van der Waals surface area (Å²) in [5, 5.41) is 6.80. The first-order valence-electron chi connectivity index (χ1n) is 8.17. The SMILES string of the molecule is COc1ccccc1C(=O)Nc1ccccc1-c1nc(-c2ccco2)no1. The van der Waals surface area contributed by atoms with Crippen LogP contribution in [0.5, 0.6) is 5.75 Å². The zero-order valence-electron chi connectivity index (χ0n) is 14.4. The van der Waals surface area contributed by atoms with E-state index in [1.54, 1.807) is 48.5 Å². The normalized spacial score (nSPS) is 10.6. The van der Waals surface area contributed by atoms with Crippen LogP contribution in [-0.2, 0) is 0 Å². The Morgan fingerprint density at radius 2 is 1.85 bits per heavy atom. The second-order valence-electron chi connectivity index (χ2n) is 5.60. The van der Waals surface area contributed by atoms with Crippen molar-refractivity contribution in [3.63, 3.8) is 0 Å². The monoisotopic (exact) mass is 361 g/mol. The van der Waals surface area contributed by atoms with Crippen molar-refractivity contribution in [3.8, 4) is 28.8 Å². The molecule has 4 aromatic rings. The molecule has 0 aliphatic carbocycles. The molecule has 0 aliphatic heterocycles. The molecule has 2 heterocycles. The van der Waals surface area contributed by atoms with E-state index >= 15 is 0 Å². The van der Waals surface area contributed by atoms with Crippen LogP contribution in [0, 0.1) is 0 Å². The number of anilines is 1. The molecule has 4 rings (SSSR count). The van der Waals surface area contributed by atoms with Crippen LogP contribution in [0.1, 0.15) is 10.4 Å². The van der Waals surface area contributed by atoms with E-state index < -0.39 is 0 Å². The van der Waals surface area contributed by atoms with E-state index in [2.05, 4.69) is 15.5 Å². The second kappa shape index (κ2) is 7.17. The van der Waals surface area contributed by atoms with Gasteiger partial charge in [-0.25, -0.2) is 0 Å². The maximum atomic E-state index is 12.7. The number of hydrogen-bond acceptors (Lipinski definition) is 6. The minimum atomic E-state index is -0.300. The van der Waals surface area contributed by atoms with Crippen LogP contribution in [0.4, 0.5) is 5.69 Å². The number of aromatic nitrogens is 2. The van der Waals surface area contributed by atoms with Crippen molar-refractivity contribution < 1.29 is 18.5 Å². The molecule has 0 bridgehead atoms. The molecule has 1 N–H and O–H groups in total. The summed E-state index contributed by atoms with van der Waals surface area (Å²) >= 11 is 0. The van der Waals surface area contributed by atoms with Crippen molar-refractivity contribution >= 4 is 11.6 Å². The van der Waals surface area contributed by atoms with Gasteiger partial charge in [-0.2, -0.15) is 4.98 Å². The number of carbonyl (C=O) groups is 1. The van der Waals surface area contributed by atoms with Crippen molar-refractivity contribution in [2.75, 3.05) is 12.4 Å². The topological polar surface area (TPSA) is 90.4 Å². The molecule has 0 unspecified atom stereocenters. The summed E-state index contributed by atoms with van der Waals surface area (Å²) in [5.74, 6) is 1.30. The van der Waals surface area contributed by atoms with Gasteiger partial charge in [-0.05, 0) is 36.4 Å². The molecular weight excluding hydrogens is 346 g/mol. The van der Waals surface area contributed by atoms with E-state index in [-0.39, 0.29) is 11.8 Å². The Labute approximate surface area is 154 Å². The number of hydrogen-bond donors (Lipinski definition) is 1. The van der Waals surface area contributed by atoms with Crippen LogP contribution >= 0.6 is 0 Å². The Morgan fingerprint density at radius 3 is 2.67 bits per heavy atom. The molecule has 0 radical (unpaired) electrons. The van der Waals surface area contributed by atoms with Crippen LogP contribution in [-0.4, -0.2) is 23.2 Å². The lowest BCUT2D eigenvalue weighted by atomic mass is 10.1. The fraction of sp³-hybridized carbons (Fsp3) is 0.0500. The summed E-state index contributed by atoms with van der Waals surface area (Å²) in [4.78, 5) is 17.0. The highest BCUT2D eigenvalue weighted by molar-refractivity contribution is 6.07. The average Bonchev–Trinajstić information content (AvgIpc) is 3.40. The van der Waals surface area contributed by atoms with Crippen molar-refractivity contribution in [1.29, 1.82) is 0 Å². The molecule has 0 saturated carbocycles. The number of amides is 1. The molecule has 0 saturated heterocycles. The van der Waals surface area contributed by atoms with Gasteiger partial charge in [-0.15, -0.1) is 0 Å². The summed E-state index contributed by atoms with van der Waals surface area (Å²) in [6, 6.07) is 17.7. The van der Waals surface area contributed by atoms with Gasteiger partial charge in [0.1, 0.15) is 5.75 Å². The quantitative estimate of drug-likeness (QED) is 0.571. The van der Waals surface area contributed by atoms with Gasteiger partial charge in [0, 0.05) is 0 Å². The minimum Gasteiger partial charge on any atom is -0.496 e. The maximum absolute atomic E-state index is 12.7. The molecule has 0 aliphatic rings. The molecular formula is C20H15N3O4.